The lowest BCUT2D eigenvalue weighted by atomic mass is 9.85. The molecule has 0 aliphatic carbocycles. The molecule has 0 atom stereocenters. The molecule has 84 heavy (non-hydrogen) atoms. The maximum atomic E-state index is 8.88. The molecule has 0 radical (unpaired) electrons. The van der Waals surface area contributed by atoms with Gasteiger partial charge in [-0.1, -0.05) is 226 Å². The van der Waals surface area contributed by atoms with E-state index in [0.29, 0.717) is 29.5 Å². The van der Waals surface area contributed by atoms with Crippen molar-refractivity contribution in [3.63, 3.8) is 0 Å². The zero-order valence-corrected chi connectivity index (χ0v) is 49.5. The lowest BCUT2D eigenvalue weighted by Crippen LogP contribution is -2.25. The second-order valence-electron chi connectivity index (χ2n) is 25.6. The standard InChI is InChI=1S/C79H72N4O/c1-52-45-75(80-50-70(52)56-33-40-62(41-34-56)79(8,9)10)83-71-44-35-58(54-29-36-60(37-30-54)77(2,3)4)47-69(71)68-43-42-65(49-74(68)83)84-64-24-17-23-63(48-64)81-51-82(73-28-15-14-27-72(73)81)76-66(55-31-38-61(39-32-55)78(5,6)7)25-18-26-67(76)59-22-16-21-57(46-59)53-19-12-11-13-20-53/h11-50H,51H2,1-10H3/i1D3. The fraction of sp³-hybridized carbons (Fsp3) is 0.177. The lowest BCUT2D eigenvalue weighted by Gasteiger charge is -2.28. The molecule has 13 rings (SSSR count). The van der Waals surface area contributed by atoms with Crippen molar-refractivity contribution < 1.29 is 8.85 Å². The number of nitrogens with zero attached hydrogens (tertiary/aromatic N) is 4. The number of aromatic nitrogens is 2. The summed E-state index contributed by atoms with van der Waals surface area (Å²) in [6, 6.07) is 83.8. The molecule has 3 heterocycles. The monoisotopic (exact) mass is 1100 g/mol. The summed E-state index contributed by atoms with van der Waals surface area (Å²) in [7, 11) is 0. The summed E-state index contributed by atoms with van der Waals surface area (Å²) < 4.78 is 35.7. The molecule has 0 saturated heterocycles. The number of fused-ring (bicyclic) bond motifs is 4. The Kier molecular flexibility index (Phi) is 12.6. The highest BCUT2D eigenvalue weighted by molar-refractivity contribution is 6.11. The minimum atomic E-state index is -2.43. The molecule has 1 aliphatic heterocycles. The number of hydrogen-bond donors (Lipinski definition) is 0. The number of aryl methyl sites for hydroxylation is 1. The molecular formula is C79H72N4O. The minimum Gasteiger partial charge on any atom is -0.457 e. The predicted octanol–water partition coefficient (Wildman–Crippen LogP) is 21.8. The van der Waals surface area contributed by atoms with Crippen LogP contribution in [0.4, 0.5) is 22.7 Å². The maximum absolute atomic E-state index is 8.88. The van der Waals surface area contributed by atoms with Crippen LogP contribution in [0.1, 0.15) is 88.7 Å². The van der Waals surface area contributed by atoms with Crippen LogP contribution in [0.5, 0.6) is 11.5 Å². The summed E-state index contributed by atoms with van der Waals surface area (Å²) in [5, 5.41) is 2.01. The molecule has 1 aliphatic rings. The van der Waals surface area contributed by atoms with Crippen LogP contribution in [0, 0.1) is 6.85 Å². The van der Waals surface area contributed by atoms with Crippen LogP contribution >= 0.6 is 0 Å². The molecule has 2 aromatic heterocycles. The highest BCUT2D eigenvalue weighted by Crippen LogP contribution is 2.51. The van der Waals surface area contributed by atoms with E-state index in [9.17, 15) is 0 Å². The van der Waals surface area contributed by atoms with Gasteiger partial charge in [0.05, 0.1) is 28.1 Å². The molecule has 0 unspecified atom stereocenters. The molecule has 12 aromatic rings. The van der Waals surface area contributed by atoms with Crippen molar-refractivity contribution >= 4 is 44.6 Å². The van der Waals surface area contributed by atoms with Gasteiger partial charge in [-0.2, -0.15) is 0 Å². The van der Waals surface area contributed by atoms with Gasteiger partial charge < -0.3 is 14.5 Å². The van der Waals surface area contributed by atoms with E-state index >= 15 is 0 Å². The van der Waals surface area contributed by atoms with Crippen molar-refractivity contribution in [2.45, 2.75) is 85.4 Å². The third-order valence-electron chi connectivity index (χ3n) is 16.8. The van der Waals surface area contributed by atoms with Crippen molar-refractivity contribution in [3.8, 4) is 73.0 Å². The third kappa shape index (κ3) is 10.2. The molecule has 0 fully saturated rings. The summed E-state index contributed by atoms with van der Waals surface area (Å²) in [5.41, 5.74) is 20.5. The highest BCUT2D eigenvalue weighted by atomic mass is 16.5. The smallest absolute Gasteiger partial charge is 0.137 e. The quantitative estimate of drug-likeness (QED) is 0.137. The summed E-state index contributed by atoms with van der Waals surface area (Å²) >= 11 is 0. The predicted molar refractivity (Wildman–Crippen MR) is 355 cm³/mol. The first-order valence-corrected chi connectivity index (χ1v) is 29.3. The highest BCUT2D eigenvalue weighted by Gasteiger charge is 2.32. The maximum Gasteiger partial charge on any atom is 0.137 e. The van der Waals surface area contributed by atoms with Gasteiger partial charge in [0.15, 0.2) is 0 Å². The van der Waals surface area contributed by atoms with Crippen LogP contribution < -0.4 is 14.5 Å². The van der Waals surface area contributed by atoms with Crippen molar-refractivity contribution in [3.05, 3.63) is 265 Å². The molecule has 10 aromatic carbocycles. The van der Waals surface area contributed by atoms with E-state index in [4.69, 9.17) is 13.8 Å². The van der Waals surface area contributed by atoms with Crippen LogP contribution in [0.2, 0.25) is 0 Å². The largest absolute Gasteiger partial charge is 0.457 e. The van der Waals surface area contributed by atoms with Crippen molar-refractivity contribution in [1.82, 2.24) is 9.55 Å². The Bertz CT molecular complexity index is 4540. The van der Waals surface area contributed by atoms with Gasteiger partial charge >= 0.3 is 0 Å². The van der Waals surface area contributed by atoms with Gasteiger partial charge in [0.1, 0.15) is 24.0 Å². The second-order valence-corrected chi connectivity index (χ2v) is 25.6. The Labute approximate surface area is 500 Å². The zero-order chi connectivity index (χ0) is 60.6. The van der Waals surface area contributed by atoms with Crippen LogP contribution in [0.15, 0.2) is 243 Å². The minimum absolute atomic E-state index is 0.0173. The first-order valence-electron chi connectivity index (χ1n) is 30.8. The molecule has 0 N–H and O–H groups in total. The molecule has 5 heteroatoms. The van der Waals surface area contributed by atoms with Gasteiger partial charge in [-0.05, 0) is 145 Å². The first kappa shape index (κ1) is 50.3. The van der Waals surface area contributed by atoms with E-state index in [1.54, 1.807) is 12.3 Å². The van der Waals surface area contributed by atoms with Crippen LogP contribution in [-0.2, 0) is 16.2 Å². The van der Waals surface area contributed by atoms with E-state index < -0.39 is 6.85 Å². The molecule has 414 valence electrons. The average Bonchev–Trinajstić information content (AvgIpc) is 1.69. The van der Waals surface area contributed by atoms with Gasteiger partial charge in [0, 0.05) is 55.6 Å². The van der Waals surface area contributed by atoms with Gasteiger partial charge in [-0.25, -0.2) is 4.98 Å². The molecule has 0 bridgehead atoms. The molecule has 0 spiro atoms. The Morgan fingerprint density at radius 3 is 1.57 bits per heavy atom. The number of benzene rings is 10. The number of pyridine rings is 1. The summed E-state index contributed by atoms with van der Waals surface area (Å²) in [6.45, 7) is 18.1. The topological polar surface area (TPSA) is 33.5 Å². The summed E-state index contributed by atoms with van der Waals surface area (Å²) in [4.78, 5) is 9.95. The van der Waals surface area contributed by atoms with Crippen LogP contribution in [0.3, 0.4) is 0 Å². The lowest BCUT2D eigenvalue weighted by molar-refractivity contribution is 0.483. The van der Waals surface area contributed by atoms with E-state index in [2.05, 4.69) is 283 Å². The molecule has 0 saturated carbocycles. The van der Waals surface area contributed by atoms with Crippen LogP contribution in [0.25, 0.3) is 83.3 Å². The fourth-order valence-electron chi connectivity index (χ4n) is 12.0. The summed E-state index contributed by atoms with van der Waals surface area (Å²) in [6.07, 6.45) is 1.72. The van der Waals surface area contributed by atoms with Gasteiger partial charge in [-0.3, -0.25) is 4.57 Å². The number of ether oxygens (including phenoxy) is 1. The van der Waals surface area contributed by atoms with E-state index in [0.717, 1.165) is 83.5 Å². The molecule has 5 nitrogen and oxygen atoms in total. The van der Waals surface area contributed by atoms with E-state index in [1.165, 1.54) is 27.8 Å². The Morgan fingerprint density at radius 1 is 0.393 bits per heavy atom. The van der Waals surface area contributed by atoms with Crippen molar-refractivity contribution in [2.24, 2.45) is 0 Å². The third-order valence-corrected chi connectivity index (χ3v) is 16.8. The SMILES string of the molecule is [2H]C([2H])([2H])c1cc(-n2c3ccc(-c4ccc(C(C)(C)C)cc4)cc3c3ccc(Oc4cccc(N5CN(c6c(-c7ccc(C(C)(C)C)cc7)cccc6-c6cccc(-c7ccccc7)c6)c6ccccc65)c4)cc32)ncc1-c1ccc(C(C)(C)C)cc1. The summed E-state index contributed by atoms with van der Waals surface area (Å²) in [5.74, 6) is 1.81. The second kappa shape index (κ2) is 21.1. The number of para-hydroxylation sites is 3. The van der Waals surface area contributed by atoms with Crippen LogP contribution in [-0.4, -0.2) is 16.2 Å². The van der Waals surface area contributed by atoms with Gasteiger partial charge in [0.25, 0.3) is 0 Å². The number of hydrogen-bond acceptors (Lipinski definition) is 4. The van der Waals surface area contributed by atoms with Crippen molar-refractivity contribution in [2.75, 3.05) is 16.5 Å². The Morgan fingerprint density at radius 2 is 0.917 bits per heavy atom. The normalized spacial score (nSPS) is 13.5. The molecular weight excluding hydrogens is 1020 g/mol. The zero-order valence-electron chi connectivity index (χ0n) is 52.5. The van der Waals surface area contributed by atoms with Gasteiger partial charge in [-0.15, -0.1) is 0 Å². The fourth-order valence-corrected chi connectivity index (χ4v) is 12.0. The number of rotatable bonds is 10. The van der Waals surface area contributed by atoms with Gasteiger partial charge in [0.2, 0.25) is 0 Å². The Balaban J connectivity index is 0.895. The average molecular weight is 1100 g/mol. The van der Waals surface area contributed by atoms with Crippen molar-refractivity contribution in [1.29, 1.82) is 0 Å². The molecule has 0 amide bonds. The van der Waals surface area contributed by atoms with E-state index in [-0.39, 0.29) is 21.8 Å². The first-order chi connectivity index (χ1) is 41.6. The number of anilines is 4. The van der Waals surface area contributed by atoms with E-state index in [1.807, 2.05) is 24.3 Å². The Hall–Kier alpha value is -9.45.